The fourth-order valence-electron chi connectivity index (χ4n) is 0.974. The number of hydrogen-bond acceptors (Lipinski definition) is 5. The van der Waals surface area contributed by atoms with E-state index in [0.29, 0.717) is 11.3 Å². The highest BCUT2D eigenvalue weighted by Crippen LogP contribution is 2.16. The van der Waals surface area contributed by atoms with E-state index in [-0.39, 0.29) is 16.9 Å². The molecule has 0 saturated carbocycles. The molecule has 1 aromatic rings. The summed E-state index contributed by atoms with van der Waals surface area (Å²) < 4.78 is 34.8. The third-order valence-corrected chi connectivity index (χ3v) is 3.70. The molecule has 0 bridgehead atoms. The molecule has 1 rings (SSSR count). The fraction of sp³-hybridized carbons (Fsp3) is 0.308. The number of carbonyl (C=O) groups is 1. The van der Waals surface area contributed by atoms with E-state index in [1.54, 1.807) is 6.92 Å². The number of benzene rings is 1. The van der Waals surface area contributed by atoms with Crippen molar-refractivity contribution >= 4 is 27.3 Å². The third-order valence-electron chi connectivity index (χ3n) is 2.06. The van der Waals surface area contributed by atoms with Crippen LogP contribution in [0.2, 0.25) is 0 Å². The molecule has 0 heterocycles. The first-order valence-electron chi connectivity index (χ1n) is 5.65. The van der Waals surface area contributed by atoms with Gasteiger partial charge in [0.2, 0.25) is 0 Å². The minimum atomic E-state index is -4.16. The normalized spacial score (nSPS) is 10.6. The van der Waals surface area contributed by atoms with Crippen LogP contribution >= 0.6 is 0 Å². The van der Waals surface area contributed by atoms with Gasteiger partial charge in [-0.2, -0.15) is 8.42 Å². The van der Waals surface area contributed by atoms with Crippen molar-refractivity contribution in [3.8, 4) is 5.75 Å². The first-order chi connectivity index (χ1) is 9.56. The molecular weight excluding hydrogens is 316 g/mol. The lowest BCUT2D eigenvalue weighted by Gasteiger charge is -2.03. The van der Waals surface area contributed by atoms with Crippen molar-refractivity contribution < 1.29 is 26.7 Å². The molecule has 0 aliphatic rings. The van der Waals surface area contributed by atoms with Crippen LogP contribution in [0.3, 0.4) is 0 Å². The molecule has 8 heteroatoms. The highest BCUT2D eigenvalue weighted by Gasteiger charge is 2.09. The Kier molecular flexibility index (Phi) is 8.26. The Hall–Kier alpha value is -1.35. The lowest BCUT2D eigenvalue weighted by Crippen LogP contribution is -2.08. The van der Waals surface area contributed by atoms with Crippen LogP contribution in [0.15, 0.2) is 41.3 Å². The zero-order chi connectivity index (χ0) is 16.6. The molecule has 21 heavy (non-hydrogen) atoms. The molecule has 1 N–H and O–H groups in total. The first-order valence-corrected chi connectivity index (χ1v) is 9.06. The molecule has 0 amide bonds. The summed E-state index contributed by atoms with van der Waals surface area (Å²) in [6.07, 6.45) is 4.30. The van der Waals surface area contributed by atoms with Crippen molar-refractivity contribution in [3.05, 3.63) is 36.4 Å². The SMILES string of the molecule is C=C(C)C(=O)Oc1ccc([S+](C)C)cc1.COS(=O)(=O)O. The second-order valence-corrected chi connectivity index (χ2v) is 7.35. The van der Waals surface area contributed by atoms with Gasteiger partial charge in [0.15, 0.2) is 4.90 Å². The van der Waals surface area contributed by atoms with Crippen LogP contribution in [0.4, 0.5) is 0 Å². The maximum absolute atomic E-state index is 11.2. The Labute approximate surface area is 128 Å². The highest BCUT2D eigenvalue weighted by molar-refractivity contribution is 7.95. The molecule has 6 nitrogen and oxygen atoms in total. The predicted molar refractivity (Wildman–Crippen MR) is 82.9 cm³/mol. The van der Waals surface area contributed by atoms with Crippen molar-refractivity contribution in [1.29, 1.82) is 0 Å². The summed E-state index contributed by atoms with van der Waals surface area (Å²) in [5.74, 6) is 0.187. The van der Waals surface area contributed by atoms with Gasteiger partial charge >= 0.3 is 16.4 Å². The average Bonchev–Trinajstić information content (AvgIpc) is 2.39. The Morgan fingerprint density at radius 1 is 1.24 bits per heavy atom. The van der Waals surface area contributed by atoms with Crippen LogP contribution in [0.5, 0.6) is 5.75 Å². The molecule has 0 saturated heterocycles. The smallest absolute Gasteiger partial charge is 0.397 e. The number of carbonyl (C=O) groups excluding carboxylic acids is 1. The quantitative estimate of drug-likeness (QED) is 0.297. The number of esters is 1. The van der Waals surface area contributed by atoms with Crippen molar-refractivity contribution in [2.24, 2.45) is 0 Å². The molecule has 118 valence electrons. The van der Waals surface area contributed by atoms with Gasteiger partial charge < -0.3 is 4.74 Å². The lowest BCUT2D eigenvalue weighted by atomic mass is 10.3. The topological polar surface area (TPSA) is 89.9 Å². The van der Waals surface area contributed by atoms with Gasteiger partial charge in [-0.25, -0.2) is 4.79 Å². The standard InChI is InChI=1S/C12H15O2S.CH4O4S/c1-9(2)12(13)14-10-5-7-11(8-6-10)15(3)4;1-5-6(2,3)4/h5-8H,1H2,2-4H3;1H3,(H,2,3,4)/q+1;. The Morgan fingerprint density at radius 2 is 1.67 bits per heavy atom. The van der Waals surface area contributed by atoms with Crippen LogP contribution < -0.4 is 4.74 Å². The Bertz CT molecular complexity index is 575. The second-order valence-electron chi connectivity index (χ2n) is 4.05. The van der Waals surface area contributed by atoms with Crippen molar-refractivity contribution in [2.75, 3.05) is 19.6 Å². The molecule has 0 spiro atoms. The minimum absolute atomic E-state index is 0.233. The van der Waals surface area contributed by atoms with Gasteiger partial charge in [0.1, 0.15) is 18.3 Å². The van der Waals surface area contributed by atoms with E-state index in [1.807, 2.05) is 24.3 Å². The maximum Gasteiger partial charge on any atom is 0.397 e. The van der Waals surface area contributed by atoms with E-state index in [9.17, 15) is 13.2 Å². The lowest BCUT2D eigenvalue weighted by molar-refractivity contribution is -0.130. The van der Waals surface area contributed by atoms with Gasteiger partial charge in [-0.15, -0.1) is 0 Å². The highest BCUT2D eigenvalue weighted by atomic mass is 32.3. The monoisotopic (exact) mass is 335 g/mol. The zero-order valence-corrected chi connectivity index (χ0v) is 14.0. The van der Waals surface area contributed by atoms with Crippen LogP contribution in [-0.4, -0.2) is 38.6 Å². The fourth-order valence-corrected chi connectivity index (χ4v) is 1.65. The largest absolute Gasteiger partial charge is 0.423 e. The Balaban J connectivity index is 0.000000567. The van der Waals surface area contributed by atoms with Crippen LogP contribution in [0.1, 0.15) is 6.92 Å². The molecule has 0 atom stereocenters. The van der Waals surface area contributed by atoms with E-state index >= 15 is 0 Å². The first kappa shape index (κ1) is 19.7. The van der Waals surface area contributed by atoms with Gasteiger partial charge in [0.05, 0.1) is 7.11 Å². The molecule has 0 aliphatic carbocycles. The van der Waals surface area contributed by atoms with Gasteiger partial charge in [-0.05, 0) is 31.2 Å². The molecule has 0 aromatic heterocycles. The van der Waals surface area contributed by atoms with Gasteiger partial charge in [0.25, 0.3) is 0 Å². The molecule has 0 radical (unpaired) electrons. The third kappa shape index (κ3) is 9.24. The van der Waals surface area contributed by atoms with Crippen LogP contribution in [0, 0.1) is 0 Å². The van der Waals surface area contributed by atoms with E-state index in [1.165, 1.54) is 4.90 Å². The van der Waals surface area contributed by atoms with E-state index in [0.717, 1.165) is 7.11 Å². The number of ether oxygens (including phenoxy) is 1. The predicted octanol–water partition coefficient (Wildman–Crippen LogP) is 1.84. The van der Waals surface area contributed by atoms with Gasteiger partial charge in [0, 0.05) is 16.5 Å². The van der Waals surface area contributed by atoms with Crippen molar-refractivity contribution in [2.45, 2.75) is 11.8 Å². The summed E-state index contributed by atoms with van der Waals surface area (Å²) in [6.45, 7) is 5.15. The number of hydrogen-bond donors (Lipinski definition) is 1. The van der Waals surface area contributed by atoms with E-state index in [4.69, 9.17) is 9.29 Å². The van der Waals surface area contributed by atoms with Crippen LogP contribution in [-0.2, 0) is 30.3 Å². The van der Waals surface area contributed by atoms with E-state index < -0.39 is 10.4 Å². The van der Waals surface area contributed by atoms with Gasteiger partial charge in [-0.3, -0.25) is 8.74 Å². The molecule has 0 fully saturated rings. The summed E-state index contributed by atoms with van der Waals surface area (Å²) >= 11 is 0. The summed E-state index contributed by atoms with van der Waals surface area (Å²) in [7, 11) is -3.06. The Morgan fingerprint density at radius 3 is 1.95 bits per heavy atom. The minimum Gasteiger partial charge on any atom is -0.423 e. The van der Waals surface area contributed by atoms with Gasteiger partial charge in [-0.1, -0.05) is 6.58 Å². The zero-order valence-electron chi connectivity index (χ0n) is 12.3. The molecular formula is C13H19O6S2+. The molecule has 0 aliphatic heterocycles. The average molecular weight is 335 g/mol. The van der Waals surface area contributed by atoms with E-state index in [2.05, 4.69) is 23.3 Å². The van der Waals surface area contributed by atoms with Crippen LogP contribution in [0.25, 0.3) is 0 Å². The second kappa shape index (κ2) is 8.83. The number of rotatable bonds is 4. The molecule has 1 aromatic carbocycles. The summed E-state index contributed by atoms with van der Waals surface area (Å²) in [5, 5.41) is 0. The summed E-state index contributed by atoms with van der Waals surface area (Å²) in [4.78, 5) is 12.5. The van der Waals surface area contributed by atoms with Crippen molar-refractivity contribution in [1.82, 2.24) is 0 Å². The molecule has 0 unspecified atom stereocenters. The summed E-state index contributed by atoms with van der Waals surface area (Å²) in [5.41, 5.74) is 0.407. The maximum atomic E-state index is 11.2. The summed E-state index contributed by atoms with van der Waals surface area (Å²) in [6, 6.07) is 7.57. The van der Waals surface area contributed by atoms with Crippen molar-refractivity contribution in [3.63, 3.8) is 0 Å².